The first-order valence-electron chi connectivity index (χ1n) is 19.4. The number of thiazole rings is 1. The molecule has 0 aromatic carbocycles. The van der Waals surface area contributed by atoms with Crippen LogP contribution in [0.4, 0.5) is 0 Å². The lowest BCUT2D eigenvalue weighted by molar-refractivity contribution is -0.251. The van der Waals surface area contributed by atoms with E-state index in [0.717, 1.165) is 30.7 Å². The summed E-state index contributed by atoms with van der Waals surface area (Å²) in [6, 6.07) is 0. The Morgan fingerprint density at radius 2 is 1.69 bits per heavy atom. The van der Waals surface area contributed by atoms with E-state index in [1.54, 1.807) is 25.2 Å². The van der Waals surface area contributed by atoms with E-state index in [9.17, 15) is 19.5 Å². The molecule has 0 spiro atoms. The summed E-state index contributed by atoms with van der Waals surface area (Å²) in [6.07, 6.45) is 13.6. The Hall–Kier alpha value is -1.96. The monoisotopic (exact) mass is 696 g/mol. The van der Waals surface area contributed by atoms with Crippen LogP contribution in [0.25, 0.3) is 0 Å². The summed E-state index contributed by atoms with van der Waals surface area (Å²) >= 11 is 1.60. The van der Waals surface area contributed by atoms with Crippen LogP contribution in [0.3, 0.4) is 0 Å². The second-order valence-electron chi connectivity index (χ2n) is 19.6. The molecule has 1 aromatic rings. The number of carbonyl (C=O) groups excluding carboxylic acids is 2. The van der Waals surface area contributed by atoms with Crippen molar-refractivity contribution in [3.8, 4) is 0 Å². The molecule has 0 unspecified atom stereocenters. The van der Waals surface area contributed by atoms with Crippen LogP contribution >= 0.6 is 11.3 Å². The van der Waals surface area contributed by atoms with Gasteiger partial charge in [0.25, 0.3) is 0 Å². The second-order valence-corrected chi connectivity index (χ2v) is 20.6. The summed E-state index contributed by atoms with van der Waals surface area (Å²) < 4.78 is 6.18. The lowest BCUT2D eigenvalue weighted by Gasteiger charge is -2.73. The van der Waals surface area contributed by atoms with Gasteiger partial charge in [-0.25, -0.2) is 4.98 Å². The van der Waals surface area contributed by atoms with E-state index in [0.29, 0.717) is 48.5 Å². The highest BCUT2D eigenvalue weighted by Gasteiger charge is 2.71. The zero-order chi connectivity index (χ0) is 35.8. The number of esters is 1. The van der Waals surface area contributed by atoms with Gasteiger partial charge in [0, 0.05) is 23.4 Å². The van der Waals surface area contributed by atoms with Crippen molar-refractivity contribution in [3.05, 3.63) is 16.6 Å². The third-order valence-electron chi connectivity index (χ3n) is 16.3. The van der Waals surface area contributed by atoms with E-state index in [2.05, 4.69) is 58.8 Å². The number of ether oxygens (including phenoxy) is 1. The normalized spacial score (nSPS) is 41.2. The minimum atomic E-state index is -1.14. The number of carboxylic acid groups (broad SMARTS) is 1. The molecule has 5 aliphatic rings. The van der Waals surface area contributed by atoms with Gasteiger partial charge in [0.2, 0.25) is 5.91 Å². The number of nitrogens with zero attached hydrogens (tertiary/aromatic N) is 1. The maximum Gasteiger partial charge on any atom is 0.309 e. The molecule has 49 heavy (non-hydrogen) atoms. The van der Waals surface area contributed by atoms with Gasteiger partial charge in [-0.15, -0.1) is 11.3 Å². The molecule has 0 aliphatic heterocycles. The zero-order valence-corrected chi connectivity index (χ0v) is 32.6. The lowest BCUT2D eigenvalue weighted by atomic mass is 9.32. The predicted octanol–water partition coefficient (Wildman–Crippen LogP) is 9.30. The predicted molar refractivity (Wildman–Crippen MR) is 193 cm³/mol. The molecule has 5 aliphatic carbocycles. The second kappa shape index (κ2) is 12.6. The number of rotatable bonds is 9. The molecule has 0 radical (unpaired) electrons. The maximum absolute atomic E-state index is 13.6. The summed E-state index contributed by atoms with van der Waals surface area (Å²) in [5, 5.41) is 15.8. The van der Waals surface area contributed by atoms with Gasteiger partial charge in [-0.1, -0.05) is 48.5 Å². The molecule has 7 nitrogen and oxygen atoms in total. The van der Waals surface area contributed by atoms with Crippen LogP contribution in [0, 0.1) is 68.0 Å². The highest BCUT2D eigenvalue weighted by Crippen LogP contribution is 2.78. The highest BCUT2D eigenvalue weighted by molar-refractivity contribution is 7.09. The Morgan fingerprint density at radius 1 is 0.959 bits per heavy atom. The number of carboxylic acids is 1. The van der Waals surface area contributed by atoms with Gasteiger partial charge in [-0.05, 0) is 135 Å². The number of aromatic nitrogens is 1. The first-order chi connectivity index (χ1) is 22.8. The molecule has 8 heteroatoms. The van der Waals surface area contributed by atoms with E-state index < -0.39 is 11.4 Å². The number of carbonyl (C=O) groups is 3. The Kier molecular flexibility index (Phi) is 9.48. The molecule has 1 heterocycles. The van der Waals surface area contributed by atoms with Crippen molar-refractivity contribution in [1.29, 1.82) is 0 Å². The number of hydrogen-bond acceptors (Lipinski definition) is 6. The van der Waals surface area contributed by atoms with E-state index in [1.807, 2.05) is 11.6 Å². The number of hydrogen-bond donors (Lipinski definition) is 2. The summed E-state index contributed by atoms with van der Waals surface area (Å²) in [6.45, 7) is 21.1. The van der Waals surface area contributed by atoms with Gasteiger partial charge in [-0.2, -0.15) is 0 Å². The van der Waals surface area contributed by atoms with Crippen molar-refractivity contribution >= 4 is 29.2 Å². The van der Waals surface area contributed by atoms with Crippen molar-refractivity contribution in [2.75, 3.05) is 0 Å². The van der Waals surface area contributed by atoms with Gasteiger partial charge < -0.3 is 15.2 Å². The third-order valence-corrected chi connectivity index (χ3v) is 17.1. The average Bonchev–Trinajstić information content (AvgIpc) is 3.66. The SMILES string of the molecule is CC(C)[C@@H]1CC[C@]2(CC(=O)NCc3nccs3)CC[C@]3(C)[C@H](CC[C@@H]4[C@@]5(C)CC[C@H](OC(=O)CC(C)(C)C(=O)O)C(C)(C)[C@@H]5CC[C@]43C)[C@@H]12. The van der Waals surface area contributed by atoms with Crippen molar-refractivity contribution in [2.24, 2.45) is 68.0 Å². The molecule has 5 saturated carbocycles. The Balaban J connectivity index is 1.23. The van der Waals surface area contributed by atoms with Crippen LogP contribution in [-0.4, -0.2) is 34.0 Å². The maximum atomic E-state index is 13.6. The first kappa shape index (κ1) is 36.8. The Labute approximate surface area is 299 Å². The fraction of sp³-hybridized carbons (Fsp3) is 0.854. The quantitative estimate of drug-likeness (QED) is 0.249. The van der Waals surface area contributed by atoms with Gasteiger partial charge in [0.05, 0.1) is 18.4 Å². The molecule has 0 saturated heterocycles. The van der Waals surface area contributed by atoms with Crippen LogP contribution in [0.15, 0.2) is 11.6 Å². The highest BCUT2D eigenvalue weighted by atomic mass is 32.1. The Morgan fingerprint density at radius 3 is 2.35 bits per heavy atom. The standard InChI is InChI=1S/C41H64N2O5S/c1-25(2)26-12-17-41(22-31(44)43-24-32-42-20-21-49-32)19-18-39(8)27(34(26)41)10-11-29-38(7)15-14-30(48-33(45)23-36(3,4)35(46)47)37(5,6)28(38)13-16-40(29,39)9/h20-21,25-30,34H,10-19,22-24H2,1-9H3,(H,43,44)(H,46,47)/t26-,27+,28-,29+,30-,34+,38-,39+,40+,41+/m0/s1. The van der Waals surface area contributed by atoms with Crippen molar-refractivity contribution in [1.82, 2.24) is 10.3 Å². The molecule has 1 amide bonds. The van der Waals surface area contributed by atoms with Crippen molar-refractivity contribution in [3.63, 3.8) is 0 Å². The fourth-order valence-corrected chi connectivity index (χ4v) is 14.1. The van der Waals surface area contributed by atoms with Gasteiger partial charge in [0.15, 0.2) is 0 Å². The molecular weight excluding hydrogens is 633 g/mol. The van der Waals surface area contributed by atoms with E-state index in [1.165, 1.54) is 38.5 Å². The van der Waals surface area contributed by atoms with Crippen LogP contribution in [0.5, 0.6) is 0 Å². The summed E-state index contributed by atoms with van der Waals surface area (Å²) in [4.78, 5) is 42.8. The minimum Gasteiger partial charge on any atom is -0.481 e. The molecule has 6 rings (SSSR count). The molecule has 1 aromatic heterocycles. The van der Waals surface area contributed by atoms with Crippen LogP contribution < -0.4 is 5.32 Å². The number of fused-ring (bicyclic) bond motifs is 7. The van der Waals surface area contributed by atoms with Crippen LogP contribution in [0.2, 0.25) is 0 Å². The molecule has 5 fully saturated rings. The van der Waals surface area contributed by atoms with E-state index in [4.69, 9.17) is 4.74 Å². The number of aliphatic carboxylic acids is 1. The van der Waals surface area contributed by atoms with E-state index >= 15 is 0 Å². The molecule has 2 N–H and O–H groups in total. The summed E-state index contributed by atoms with van der Waals surface area (Å²) in [5.41, 5.74) is -0.627. The van der Waals surface area contributed by atoms with Gasteiger partial charge in [0.1, 0.15) is 11.1 Å². The molecular formula is C41H64N2O5S. The molecule has 10 atom stereocenters. The van der Waals surface area contributed by atoms with Crippen molar-refractivity contribution in [2.45, 2.75) is 152 Å². The summed E-state index contributed by atoms with van der Waals surface area (Å²) in [5.74, 6) is 2.39. The summed E-state index contributed by atoms with van der Waals surface area (Å²) in [7, 11) is 0. The Bertz CT molecular complexity index is 1420. The number of amides is 1. The van der Waals surface area contributed by atoms with Crippen LogP contribution in [0.1, 0.15) is 144 Å². The molecule has 274 valence electrons. The van der Waals surface area contributed by atoms with Gasteiger partial charge >= 0.3 is 11.9 Å². The topological polar surface area (TPSA) is 106 Å². The largest absolute Gasteiger partial charge is 0.481 e. The fourth-order valence-electron chi connectivity index (χ4n) is 13.6. The third kappa shape index (κ3) is 5.90. The minimum absolute atomic E-state index is 0.0928. The lowest BCUT2D eigenvalue weighted by Crippen LogP contribution is -2.67. The molecule has 0 bridgehead atoms. The number of nitrogens with one attached hydrogen (secondary N) is 1. The average molecular weight is 697 g/mol. The van der Waals surface area contributed by atoms with E-state index in [-0.39, 0.29) is 51.5 Å². The smallest absolute Gasteiger partial charge is 0.309 e. The van der Waals surface area contributed by atoms with Gasteiger partial charge in [-0.3, -0.25) is 14.4 Å². The van der Waals surface area contributed by atoms with Crippen molar-refractivity contribution < 1.29 is 24.2 Å². The first-order valence-corrected chi connectivity index (χ1v) is 20.3. The van der Waals surface area contributed by atoms with Crippen LogP contribution in [-0.2, 0) is 25.7 Å². The zero-order valence-electron chi connectivity index (χ0n) is 31.8.